The van der Waals surface area contributed by atoms with Crippen LogP contribution in [0.1, 0.15) is 15.9 Å². The van der Waals surface area contributed by atoms with Gasteiger partial charge in [0.2, 0.25) is 0 Å². The van der Waals surface area contributed by atoms with Crippen molar-refractivity contribution in [2.24, 2.45) is 12.1 Å². The number of amides is 1. The number of hydrazone groups is 1. The smallest absolute Gasteiger partial charge is 0.273 e. The fraction of sp³-hybridized carbons (Fsp3) is 0.158. The van der Waals surface area contributed by atoms with Gasteiger partial charge in [-0.2, -0.15) is 5.10 Å². The second kappa shape index (κ2) is 7.09. The normalized spacial score (nSPS) is 11.0. The maximum absolute atomic E-state index is 12.4. The lowest BCUT2D eigenvalue weighted by molar-refractivity contribution is 0.0956. The summed E-state index contributed by atoms with van der Waals surface area (Å²) in [5, 5.41) is 4.93. The molecular weight excluding hydrogens is 318 g/mol. The van der Waals surface area contributed by atoms with Crippen molar-refractivity contribution < 1.29 is 14.3 Å². The average Bonchev–Trinajstić information content (AvgIpc) is 2.99. The summed E-state index contributed by atoms with van der Waals surface area (Å²) in [4.78, 5) is 12.4. The lowest BCUT2D eigenvalue weighted by Gasteiger charge is -2.06. The molecule has 6 nitrogen and oxygen atoms in total. The first kappa shape index (κ1) is 16.6. The highest BCUT2D eigenvalue weighted by molar-refractivity contribution is 6.07. The molecule has 0 saturated carbocycles. The average molecular weight is 337 g/mol. The summed E-state index contributed by atoms with van der Waals surface area (Å²) in [6, 6.07) is 13.1. The number of rotatable bonds is 5. The summed E-state index contributed by atoms with van der Waals surface area (Å²) < 4.78 is 12.4. The van der Waals surface area contributed by atoms with E-state index in [1.54, 1.807) is 38.8 Å². The Bertz CT molecular complexity index is 944. The molecule has 3 rings (SSSR count). The SMILES string of the molecule is COc1ccc(/C=N/NC(=O)c2cn(C)c3ccccc23)c(OC)c1. The molecule has 2 aromatic carbocycles. The van der Waals surface area contributed by atoms with E-state index in [2.05, 4.69) is 10.5 Å². The van der Waals surface area contributed by atoms with Crippen LogP contribution in [0.4, 0.5) is 0 Å². The van der Waals surface area contributed by atoms with Gasteiger partial charge in [-0.1, -0.05) is 18.2 Å². The van der Waals surface area contributed by atoms with Gasteiger partial charge in [0.05, 0.1) is 26.0 Å². The van der Waals surface area contributed by atoms with Crippen LogP contribution in [0.5, 0.6) is 11.5 Å². The number of methoxy groups -OCH3 is 2. The maximum Gasteiger partial charge on any atom is 0.273 e. The first-order valence-corrected chi connectivity index (χ1v) is 7.73. The third kappa shape index (κ3) is 3.33. The van der Waals surface area contributed by atoms with Gasteiger partial charge in [-0.25, -0.2) is 5.43 Å². The molecule has 1 aromatic heterocycles. The first-order chi connectivity index (χ1) is 12.1. The van der Waals surface area contributed by atoms with Crippen molar-refractivity contribution in [1.82, 2.24) is 9.99 Å². The van der Waals surface area contributed by atoms with Crippen molar-refractivity contribution >= 4 is 23.0 Å². The van der Waals surface area contributed by atoms with Crippen LogP contribution in [-0.4, -0.2) is 30.9 Å². The van der Waals surface area contributed by atoms with Crippen LogP contribution in [0.3, 0.4) is 0 Å². The molecule has 1 N–H and O–H groups in total. The highest BCUT2D eigenvalue weighted by Gasteiger charge is 2.12. The third-order valence-corrected chi connectivity index (χ3v) is 3.95. The number of fused-ring (bicyclic) bond motifs is 1. The van der Waals surface area contributed by atoms with Crippen LogP contribution in [0.15, 0.2) is 53.8 Å². The lowest BCUT2D eigenvalue weighted by Crippen LogP contribution is -2.17. The van der Waals surface area contributed by atoms with E-state index in [1.807, 2.05) is 41.9 Å². The molecule has 3 aromatic rings. The second-order valence-corrected chi connectivity index (χ2v) is 5.48. The number of benzene rings is 2. The van der Waals surface area contributed by atoms with Crippen molar-refractivity contribution in [3.63, 3.8) is 0 Å². The Kier molecular flexibility index (Phi) is 4.70. The monoisotopic (exact) mass is 337 g/mol. The molecule has 1 amide bonds. The van der Waals surface area contributed by atoms with E-state index in [9.17, 15) is 4.79 Å². The Morgan fingerprint density at radius 1 is 1.16 bits per heavy atom. The Morgan fingerprint density at radius 3 is 2.72 bits per heavy atom. The number of carbonyl (C=O) groups excluding carboxylic acids is 1. The van der Waals surface area contributed by atoms with Crippen molar-refractivity contribution in [2.45, 2.75) is 0 Å². The quantitative estimate of drug-likeness (QED) is 0.575. The molecule has 0 aliphatic heterocycles. The van der Waals surface area contributed by atoms with Gasteiger partial charge in [0.25, 0.3) is 5.91 Å². The molecule has 128 valence electrons. The molecule has 6 heteroatoms. The highest BCUT2D eigenvalue weighted by atomic mass is 16.5. The second-order valence-electron chi connectivity index (χ2n) is 5.48. The number of nitrogens with zero attached hydrogens (tertiary/aromatic N) is 2. The summed E-state index contributed by atoms with van der Waals surface area (Å²) in [6.07, 6.45) is 3.34. The van der Waals surface area contributed by atoms with Gasteiger partial charge in [-0.3, -0.25) is 4.79 Å². The fourth-order valence-corrected chi connectivity index (χ4v) is 2.67. The molecule has 0 aliphatic carbocycles. The molecule has 0 aliphatic rings. The number of ether oxygens (including phenoxy) is 2. The minimum absolute atomic E-state index is 0.263. The van der Waals surface area contributed by atoms with E-state index in [-0.39, 0.29) is 5.91 Å². The number of aryl methyl sites for hydroxylation is 1. The Hall–Kier alpha value is -3.28. The van der Waals surface area contributed by atoms with Crippen LogP contribution in [0.25, 0.3) is 10.9 Å². The highest BCUT2D eigenvalue weighted by Crippen LogP contribution is 2.23. The van der Waals surface area contributed by atoms with Gasteiger partial charge in [0, 0.05) is 35.8 Å². The van der Waals surface area contributed by atoms with E-state index >= 15 is 0 Å². The maximum atomic E-state index is 12.4. The van der Waals surface area contributed by atoms with Gasteiger partial charge in [0.1, 0.15) is 11.5 Å². The molecule has 0 spiro atoms. The zero-order valence-electron chi connectivity index (χ0n) is 14.3. The van der Waals surface area contributed by atoms with E-state index in [0.29, 0.717) is 17.1 Å². The third-order valence-electron chi connectivity index (χ3n) is 3.95. The molecule has 1 heterocycles. The summed E-state index contributed by atoms with van der Waals surface area (Å²) in [6.45, 7) is 0. The molecule has 0 fully saturated rings. The molecule has 25 heavy (non-hydrogen) atoms. The van der Waals surface area contributed by atoms with Crippen LogP contribution in [0, 0.1) is 0 Å². The Labute approximate surface area is 145 Å². The molecule has 0 unspecified atom stereocenters. The number of hydrogen-bond acceptors (Lipinski definition) is 4. The summed E-state index contributed by atoms with van der Waals surface area (Å²) in [7, 11) is 5.07. The van der Waals surface area contributed by atoms with Crippen molar-refractivity contribution in [1.29, 1.82) is 0 Å². The predicted molar refractivity (Wildman–Crippen MR) is 97.5 cm³/mol. The van der Waals surface area contributed by atoms with E-state index in [0.717, 1.165) is 16.5 Å². The van der Waals surface area contributed by atoms with Crippen LogP contribution >= 0.6 is 0 Å². The van der Waals surface area contributed by atoms with Crippen molar-refractivity contribution in [3.8, 4) is 11.5 Å². The van der Waals surface area contributed by atoms with Crippen LogP contribution in [-0.2, 0) is 7.05 Å². The van der Waals surface area contributed by atoms with Gasteiger partial charge in [0.15, 0.2) is 0 Å². The summed E-state index contributed by atoms with van der Waals surface area (Å²) in [5.41, 5.74) is 4.88. The largest absolute Gasteiger partial charge is 0.497 e. The number of aromatic nitrogens is 1. The number of carbonyl (C=O) groups is 1. The van der Waals surface area contributed by atoms with E-state index in [1.165, 1.54) is 0 Å². The molecule has 0 radical (unpaired) electrons. The minimum atomic E-state index is -0.263. The van der Waals surface area contributed by atoms with Gasteiger partial charge < -0.3 is 14.0 Å². The molecular formula is C19H19N3O3. The Morgan fingerprint density at radius 2 is 1.96 bits per heavy atom. The molecule has 0 saturated heterocycles. The number of para-hydroxylation sites is 1. The van der Waals surface area contributed by atoms with Crippen LogP contribution in [0.2, 0.25) is 0 Å². The zero-order chi connectivity index (χ0) is 17.8. The number of hydrogen-bond donors (Lipinski definition) is 1. The molecule has 0 bridgehead atoms. The standard InChI is InChI=1S/C19H19N3O3/c1-22-12-16(15-6-4-5-7-17(15)22)19(23)21-20-11-13-8-9-14(24-2)10-18(13)25-3/h4-12H,1-3H3,(H,21,23)/b20-11+. The van der Waals surface area contributed by atoms with Crippen LogP contribution < -0.4 is 14.9 Å². The van der Waals surface area contributed by atoms with E-state index < -0.39 is 0 Å². The number of nitrogens with one attached hydrogen (secondary N) is 1. The predicted octanol–water partition coefficient (Wildman–Crippen LogP) is 2.96. The van der Waals surface area contributed by atoms with E-state index in [4.69, 9.17) is 9.47 Å². The zero-order valence-corrected chi connectivity index (χ0v) is 14.3. The summed E-state index contributed by atoms with van der Waals surface area (Å²) in [5.74, 6) is 1.04. The fourth-order valence-electron chi connectivity index (χ4n) is 2.67. The minimum Gasteiger partial charge on any atom is -0.497 e. The molecule has 0 atom stereocenters. The lowest BCUT2D eigenvalue weighted by atomic mass is 10.2. The Balaban J connectivity index is 1.79. The van der Waals surface area contributed by atoms with Gasteiger partial charge in [-0.15, -0.1) is 0 Å². The summed E-state index contributed by atoms with van der Waals surface area (Å²) >= 11 is 0. The van der Waals surface area contributed by atoms with Gasteiger partial charge in [-0.05, 0) is 18.2 Å². The van der Waals surface area contributed by atoms with Crippen molar-refractivity contribution in [2.75, 3.05) is 14.2 Å². The van der Waals surface area contributed by atoms with Gasteiger partial charge >= 0.3 is 0 Å². The topological polar surface area (TPSA) is 64.8 Å². The first-order valence-electron chi connectivity index (χ1n) is 7.73. The van der Waals surface area contributed by atoms with Crippen molar-refractivity contribution in [3.05, 3.63) is 59.8 Å².